The average Bonchev–Trinajstić information content (AvgIpc) is 2.88. The molecule has 1 aromatic heterocycles. The number of anilines is 1. The number of piperazine rings is 1. The highest BCUT2D eigenvalue weighted by Crippen LogP contribution is 2.30. The second-order valence-electron chi connectivity index (χ2n) is 9.78. The van der Waals surface area contributed by atoms with E-state index in [0.29, 0.717) is 32.0 Å². The molecule has 0 bridgehead atoms. The van der Waals surface area contributed by atoms with E-state index in [9.17, 15) is 4.79 Å². The molecular weight excluding hydrogens is 452 g/mol. The van der Waals surface area contributed by atoms with E-state index in [2.05, 4.69) is 4.90 Å². The minimum absolute atomic E-state index is 0.270. The highest BCUT2D eigenvalue weighted by Gasteiger charge is 2.27. The number of para-hydroxylation sites is 2. The molecule has 0 unspecified atom stereocenters. The van der Waals surface area contributed by atoms with Crippen LogP contribution in [0.3, 0.4) is 0 Å². The van der Waals surface area contributed by atoms with Gasteiger partial charge in [0.25, 0.3) is 0 Å². The third-order valence-corrected chi connectivity index (χ3v) is 5.91. The van der Waals surface area contributed by atoms with E-state index < -0.39 is 5.60 Å². The van der Waals surface area contributed by atoms with Gasteiger partial charge in [0, 0.05) is 37.1 Å². The molecule has 1 fully saturated rings. The molecular formula is C29H30N4O3. The zero-order chi connectivity index (χ0) is 25.1. The van der Waals surface area contributed by atoms with E-state index in [1.807, 2.05) is 99.6 Å². The molecule has 7 nitrogen and oxygen atoms in total. The molecule has 0 atom stereocenters. The van der Waals surface area contributed by atoms with Crippen molar-refractivity contribution in [2.45, 2.75) is 26.4 Å². The molecule has 4 aromatic rings. The zero-order valence-corrected chi connectivity index (χ0v) is 20.8. The Morgan fingerprint density at radius 2 is 1.42 bits per heavy atom. The van der Waals surface area contributed by atoms with Crippen LogP contribution in [0.2, 0.25) is 0 Å². The fourth-order valence-corrected chi connectivity index (χ4v) is 4.15. The molecule has 184 valence electrons. The number of ether oxygens (including phenoxy) is 2. The number of benzene rings is 3. The average molecular weight is 483 g/mol. The molecule has 2 heterocycles. The van der Waals surface area contributed by atoms with Gasteiger partial charge in [-0.3, -0.25) is 0 Å². The van der Waals surface area contributed by atoms with Crippen LogP contribution in [0.25, 0.3) is 22.3 Å². The van der Waals surface area contributed by atoms with Gasteiger partial charge in [0.1, 0.15) is 22.9 Å². The van der Waals surface area contributed by atoms with E-state index in [1.165, 1.54) is 0 Å². The van der Waals surface area contributed by atoms with Crippen molar-refractivity contribution >= 4 is 22.8 Å². The molecule has 1 aliphatic heterocycles. The van der Waals surface area contributed by atoms with Crippen molar-refractivity contribution in [3.05, 3.63) is 78.9 Å². The first-order valence-electron chi connectivity index (χ1n) is 12.2. The summed E-state index contributed by atoms with van der Waals surface area (Å²) in [6, 6.07) is 25.6. The second-order valence-corrected chi connectivity index (χ2v) is 9.78. The number of nitrogens with zero attached hydrogens (tertiary/aromatic N) is 4. The topological polar surface area (TPSA) is 67.8 Å². The maximum Gasteiger partial charge on any atom is 0.410 e. The van der Waals surface area contributed by atoms with E-state index in [4.69, 9.17) is 19.4 Å². The standard InChI is InChI=1S/C29H30N4O3/c1-29(2,3)36-28(34)33-19-17-32(18-20-33)27-24-11-7-8-12-25(24)30-26(31-27)21-13-15-23(16-14-21)35-22-9-5-4-6-10-22/h4-16H,17-20H2,1-3H3. The van der Waals surface area contributed by atoms with E-state index in [-0.39, 0.29) is 6.09 Å². The first-order chi connectivity index (χ1) is 17.4. The van der Waals surface area contributed by atoms with Gasteiger partial charge in [-0.2, -0.15) is 0 Å². The predicted molar refractivity (Wildman–Crippen MR) is 142 cm³/mol. The highest BCUT2D eigenvalue weighted by atomic mass is 16.6. The lowest BCUT2D eigenvalue weighted by Crippen LogP contribution is -2.50. The summed E-state index contributed by atoms with van der Waals surface area (Å²) in [4.78, 5) is 26.3. The fourth-order valence-electron chi connectivity index (χ4n) is 4.15. The molecule has 0 radical (unpaired) electrons. The molecule has 36 heavy (non-hydrogen) atoms. The number of carbonyl (C=O) groups excluding carboxylic acids is 1. The molecule has 5 rings (SSSR count). The Labute approximate surface area is 211 Å². The molecule has 0 aliphatic carbocycles. The SMILES string of the molecule is CC(C)(C)OC(=O)N1CCN(c2nc(-c3ccc(Oc4ccccc4)cc3)nc3ccccc23)CC1. The monoisotopic (exact) mass is 482 g/mol. The predicted octanol–water partition coefficient (Wildman–Crippen LogP) is 6.15. The summed E-state index contributed by atoms with van der Waals surface area (Å²) in [7, 11) is 0. The zero-order valence-electron chi connectivity index (χ0n) is 20.8. The molecule has 3 aromatic carbocycles. The highest BCUT2D eigenvalue weighted by molar-refractivity contribution is 5.91. The van der Waals surface area contributed by atoms with Gasteiger partial charge < -0.3 is 19.3 Å². The van der Waals surface area contributed by atoms with Crippen molar-refractivity contribution < 1.29 is 14.3 Å². The Morgan fingerprint density at radius 1 is 0.778 bits per heavy atom. The quantitative estimate of drug-likeness (QED) is 0.348. The number of carbonyl (C=O) groups is 1. The van der Waals surface area contributed by atoms with Gasteiger partial charge in [-0.25, -0.2) is 14.8 Å². The van der Waals surface area contributed by atoms with Crippen LogP contribution in [0, 0.1) is 0 Å². The Kier molecular flexibility index (Phi) is 6.46. The van der Waals surface area contributed by atoms with Crippen LogP contribution in [-0.2, 0) is 4.74 Å². The van der Waals surface area contributed by atoms with E-state index in [0.717, 1.165) is 33.8 Å². The third-order valence-electron chi connectivity index (χ3n) is 5.91. The maximum absolute atomic E-state index is 12.5. The summed E-state index contributed by atoms with van der Waals surface area (Å²) < 4.78 is 11.5. The van der Waals surface area contributed by atoms with Crippen LogP contribution in [0.4, 0.5) is 10.6 Å². The van der Waals surface area contributed by atoms with Crippen molar-refractivity contribution in [1.29, 1.82) is 0 Å². The summed E-state index contributed by atoms with van der Waals surface area (Å²) in [5.41, 5.74) is 1.29. The normalized spacial score (nSPS) is 14.1. The number of hydrogen-bond acceptors (Lipinski definition) is 6. The van der Waals surface area contributed by atoms with Crippen molar-refractivity contribution in [2.24, 2.45) is 0 Å². The van der Waals surface area contributed by atoms with Crippen molar-refractivity contribution in [3.8, 4) is 22.9 Å². The molecule has 1 aliphatic rings. The third kappa shape index (κ3) is 5.40. The number of amides is 1. The summed E-state index contributed by atoms with van der Waals surface area (Å²) in [5, 5.41) is 0.996. The lowest BCUT2D eigenvalue weighted by atomic mass is 10.1. The number of aromatic nitrogens is 2. The summed E-state index contributed by atoms with van der Waals surface area (Å²) in [6.45, 7) is 8.15. The van der Waals surface area contributed by atoms with Crippen LogP contribution in [-0.4, -0.2) is 52.7 Å². The van der Waals surface area contributed by atoms with E-state index in [1.54, 1.807) is 4.90 Å². The summed E-state index contributed by atoms with van der Waals surface area (Å²) in [6.07, 6.45) is -0.270. The molecule has 7 heteroatoms. The van der Waals surface area contributed by atoms with Gasteiger partial charge in [0.15, 0.2) is 5.82 Å². The Morgan fingerprint density at radius 3 is 2.11 bits per heavy atom. The van der Waals surface area contributed by atoms with Crippen LogP contribution in [0.5, 0.6) is 11.5 Å². The maximum atomic E-state index is 12.5. The molecule has 0 N–H and O–H groups in total. The van der Waals surface area contributed by atoms with Crippen molar-refractivity contribution in [2.75, 3.05) is 31.1 Å². The molecule has 1 amide bonds. The molecule has 1 saturated heterocycles. The summed E-state index contributed by atoms with van der Waals surface area (Å²) >= 11 is 0. The Balaban J connectivity index is 1.38. The Hall–Kier alpha value is -4.13. The largest absolute Gasteiger partial charge is 0.457 e. The molecule has 0 spiro atoms. The van der Waals surface area contributed by atoms with Crippen LogP contribution in [0.15, 0.2) is 78.9 Å². The van der Waals surface area contributed by atoms with Gasteiger partial charge in [0.05, 0.1) is 5.52 Å². The minimum atomic E-state index is -0.506. The lowest BCUT2D eigenvalue weighted by molar-refractivity contribution is 0.0240. The van der Waals surface area contributed by atoms with Crippen LogP contribution in [0.1, 0.15) is 20.8 Å². The first-order valence-corrected chi connectivity index (χ1v) is 12.2. The Bertz CT molecular complexity index is 1340. The molecule has 0 saturated carbocycles. The van der Waals surface area contributed by atoms with Crippen LogP contribution >= 0.6 is 0 Å². The van der Waals surface area contributed by atoms with Gasteiger partial charge >= 0.3 is 6.09 Å². The van der Waals surface area contributed by atoms with Gasteiger partial charge in [-0.05, 0) is 69.3 Å². The number of fused-ring (bicyclic) bond motifs is 1. The van der Waals surface area contributed by atoms with Gasteiger partial charge in [-0.15, -0.1) is 0 Å². The van der Waals surface area contributed by atoms with Gasteiger partial charge in [-0.1, -0.05) is 30.3 Å². The number of rotatable bonds is 4. The number of hydrogen-bond donors (Lipinski definition) is 0. The van der Waals surface area contributed by atoms with Crippen molar-refractivity contribution in [3.63, 3.8) is 0 Å². The van der Waals surface area contributed by atoms with Gasteiger partial charge in [0.2, 0.25) is 0 Å². The first kappa shape index (κ1) is 23.6. The van der Waals surface area contributed by atoms with Crippen LogP contribution < -0.4 is 9.64 Å². The lowest BCUT2D eigenvalue weighted by Gasteiger charge is -2.36. The van der Waals surface area contributed by atoms with Crippen molar-refractivity contribution in [1.82, 2.24) is 14.9 Å². The fraction of sp³-hybridized carbons (Fsp3) is 0.276. The second kappa shape index (κ2) is 9.85. The summed E-state index contributed by atoms with van der Waals surface area (Å²) in [5.74, 6) is 3.08. The minimum Gasteiger partial charge on any atom is -0.457 e. The van der Waals surface area contributed by atoms with E-state index >= 15 is 0 Å². The smallest absolute Gasteiger partial charge is 0.410 e.